The highest BCUT2D eigenvalue weighted by atomic mass is 32.2. The van der Waals surface area contributed by atoms with Crippen LogP contribution in [0.5, 0.6) is 0 Å². The molecule has 1 atom stereocenters. The van der Waals surface area contributed by atoms with Crippen LogP contribution in [0.4, 0.5) is 5.69 Å². The highest BCUT2D eigenvalue weighted by molar-refractivity contribution is 7.89. The maximum Gasteiger partial charge on any atom is 0.241 e. The predicted octanol–water partition coefficient (Wildman–Crippen LogP) is 2.93. The molecule has 0 bridgehead atoms. The number of anilines is 1. The number of sulfonamides is 1. The van der Waals surface area contributed by atoms with Crippen LogP contribution in [0.1, 0.15) is 29.7 Å². The van der Waals surface area contributed by atoms with Crippen molar-refractivity contribution in [1.29, 1.82) is 0 Å². The topological polar surface area (TPSA) is 72.2 Å². The van der Waals surface area contributed by atoms with Crippen molar-refractivity contribution in [3.8, 4) is 0 Å². The third-order valence-electron chi connectivity index (χ3n) is 3.56. The van der Waals surface area contributed by atoms with Crippen molar-refractivity contribution in [3.63, 3.8) is 0 Å². The van der Waals surface area contributed by atoms with Crippen LogP contribution in [0.3, 0.4) is 0 Å². The average molecular weight is 304 g/mol. The normalized spacial score (nSPS) is 13.1. The van der Waals surface area contributed by atoms with Gasteiger partial charge in [0.1, 0.15) is 0 Å². The Balaban J connectivity index is 2.35. The number of hydrogen-bond acceptors (Lipinski definition) is 3. The molecule has 0 aromatic heterocycles. The quantitative estimate of drug-likeness (QED) is 0.853. The first-order valence-electron chi connectivity index (χ1n) is 6.75. The van der Waals surface area contributed by atoms with Gasteiger partial charge in [-0.05, 0) is 49.6 Å². The monoisotopic (exact) mass is 304 g/mol. The third-order valence-corrected chi connectivity index (χ3v) is 5.23. The maximum atomic E-state index is 12.6. The number of benzene rings is 2. The van der Waals surface area contributed by atoms with Gasteiger partial charge >= 0.3 is 0 Å². The van der Waals surface area contributed by atoms with E-state index in [1.807, 2.05) is 44.2 Å². The van der Waals surface area contributed by atoms with E-state index in [4.69, 9.17) is 5.73 Å². The second-order valence-corrected chi connectivity index (χ2v) is 6.90. The van der Waals surface area contributed by atoms with E-state index in [9.17, 15) is 8.42 Å². The lowest BCUT2D eigenvalue weighted by Gasteiger charge is -2.17. The van der Waals surface area contributed by atoms with E-state index in [0.717, 1.165) is 16.7 Å². The second-order valence-electron chi connectivity index (χ2n) is 5.21. The summed E-state index contributed by atoms with van der Waals surface area (Å²) in [6.07, 6.45) is 0. The lowest BCUT2D eigenvalue weighted by molar-refractivity contribution is 0.566. The van der Waals surface area contributed by atoms with Gasteiger partial charge in [0.2, 0.25) is 10.0 Å². The van der Waals surface area contributed by atoms with Crippen molar-refractivity contribution in [1.82, 2.24) is 4.72 Å². The first kappa shape index (κ1) is 15.5. The number of hydrogen-bond donors (Lipinski definition) is 2. The Labute approximate surface area is 126 Å². The minimum Gasteiger partial charge on any atom is -0.399 e. The second kappa shape index (κ2) is 5.87. The molecular weight excluding hydrogens is 284 g/mol. The summed E-state index contributed by atoms with van der Waals surface area (Å²) in [4.78, 5) is 0.239. The molecule has 0 spiro atoms. The Morgan fingerprint density at radius 3 is 2.33 bits per heavy atom. The fraction of sp³-hybridized carbons (Fsp3) is 0.250. The van der Waals surface area contributed by atoms with Gasteiger partial charge in [-0.3, -0.25) is 0 Å². The molecule has 0 radical (unpaired) electrons. The van der Waals surface area contributed by atoms with E-state index < -0.39 is 10.0 Å². The molecular formula is C16H20N2O2S. The van der Waals surface area contributed by atoms with E-state index in [1.165, 1.54) is 6.07 Å². The average Bonchev–Trinajstić information content (AvgIpc) is 2.43. The summed E-state index contributed by atoms with van der Waals surface area (Å²) in [5, 5.41) is 0. The van der Waals surface area contributed by atoms with Gasteiger partial charge in [-0.25, -0.2) is 13.1 Å². The summed E-state index contributed by atoms with van der Waals surface area (Å²) in [6, 6.07) is 12.4. The molecule has 0 amide bonds. The van der Waals surface area contributed by atoms with Crippen LogP contribution >= 0.6 is 0 Å². The van der Waals surface area contributed by atoms with Gasteiger partial charge in [0, 0.05) is 11.7 Å². The minimum atomic E-state index is -3.61. The van der Waals surface area contributed by atoms with Crippen molar-refractivity contribution in [2.24, 2.45) is 0 Å². The molecule has 2 aromatic carbocycles. The molecule has 0 fully saturated rings. The van der Waals surface area contributed by atoms with Gasteiger partial charge in [0.15, 0.2) is 0 Å². The van der Waals surface area contributed by atoms with Crippen molar-refractivity contribution in [3.05, 3.63) is 59.2 Å². The van der Waals surface area contributed by atoms with E-state index in [1.54, 1.807) is 13.0 Å². The lowest BCUT2D eigenvalue weighted by atomic mass is 10.1. The van der Waals surface area contributed by atoms with E-state index in [2.05, 4.69) is 4.72 Å². The van der Waals surface area contributed by atoms with Crippen LogP contribution in [0.2, 0.25) is 0 Å². The van der Waals surface area contributed by atoms with Crippen LogP contribution < -0.4 is 10.5 Å². The van der Waals surface area contributed by atoms with Crippen LogP contribution in [0.15, 0.2) is 47.4 Å². The molecule has 0 aliphatic carbocycles. The standard InChI is InChI=1S/C16H20N2O2S/c1-11-9-15(17)10-16(12(11)2)21(19,20)18-13(3)14-7-5-4-6-8-14/h4-10,13,18H,17H2,1-3H3/t13-/m1/s1. The molecule has 0 heterocycles. The highest BCUT2D eigenvalue weighted by Crippen LogP contribution is 2.24. The summed E-state index contributed by atoms with van der Waals surface area (Å²) in [5.41, 5.74) is 8.72. The zero-order chi connectivity index (χ0) is 15.6. The summed E-state index contributed by atoms with van der Waals surface area (Å²) in [7, 11) is -3.61. The third kappa shape index (κ3) is 3.43. The van der Waals surface area contributed by atoms with Gasteiger partial charge in [-0.1, -0.05) is 30.3 Å². The first-order chi connectivity index (χ1) is 9.81. The molecule has 3 N–H and O–H groups in total. The molecule has 21 heavy (non-hydrogen) atoms. The van der Waals surface area contributed by atoms with E-state index in [-0.39, 0.29) is 10.9 Å². The molecule has 0 saturated heterocycles. The highest BCUT2D eigenvalue weighted by Gasteiger charge is 2.21. The number of nitrogens with two attached hydrogens (primary N) is 1. The van der Waals surface area contributed by atoms with Gasteiger partial charge in [-0.2, -0.15) is 0 Å². The van der Waals surface area contributed by atoms with Gasteiger partial charge in [-0.15, -0.1) is 0 Å². The van der Waals surface area contributed by atoms with Crippen molar-refractivity contribution < 1.29 is 8.42 Å². The number of nitrogens with one attached hydrogen (secondary N) is 1. The SMILES string of the molecule is Cc1cc(N)cc(S(=O)(=O)N[C@H](C)c2ccccc2)c1C. The van der Waals surface area contributed by atoms with E-state index in [0.29, 0.717) is 5.69 Å². The van der Waals surface area contributed by atoms with Crippen molar-refractivity contribution in [2.45, 2.75) is 31.7 Å². The summed E-state index contributed by atoms with van der Waals surface area (Å²) >= 11 is 0. The number of nitrogen functional groups attached to an aromatic ring is 1. The Morgan fingerprint density at radius 2 is 1.71 bits per heavy atom. The molecule has 112 valence electrons. The fourth-order valence-corrected chi connectivity index (χ4v) is 3.82. The largest absolute Gasteiger partial charge is 0.399 e. The zero-order valence-corrected chi connectivity index (χ0v) is 13.2. The smallest absolute Gasteiger partial charge is 0.241 e. The van der Waals surface area contributed by atoms with Crippen molar-refractivity contribution in [2.75, 3.05) is 5.73 Å². The summed E-state index contributed by atoms with van der Waals surface area (Å²) < 4.78 is 27.8. The molecule has 2 aromatic rings. The molecule has 0 aliphatic heterocycles. The summed E-state index contributed by atoms with van der Waals surface area (Å²) in [6.45, 7) is 5.46. The Morgan fingerprint density at radius 1 is 1.10 bits per heavy atom. The Hall–Kier alpha value is -1.85. The molecule has 0 aliphatic rings. The molecule has 0 unspecified atom stereocenters. The van der Waals surface area contributed by atoms with Crippen LogP contribution in [0, 0.1) is 13.8 Å². The van der Waals surface area contributed by atoms with Crippen LogP contribution in [0.25, 0.3) is 0 Å². The molecule has 5 heteroatoms. The molecule has 2 rings (SSSR count). The van der Waals surface area contributed by atoms with Crippen LogP contribution in [-0.2, 0) is 10.0 Å². The molecule has 0 saturated carbocycles. The lowest BCUT2D eigenvalue weighted by Crippen LogP contribution is -2.27. The van der Waals surface area contributed by atoms with Gasteiger partial charge in [0.05, 0.1) is 4.90 Å². The van der Waals surface area contributed by atoms with Gasteiger partial charge < -0.3 is 5.73 Å². The van der Waals surface area contributed by atoms with Gasteiger partial charge in [0.25, 0.3) is 0 Å². The Bertz CT molecular complexity index is 740. The van der Waals surface area contributed by atoms with E-state index >= 15 is 0 Å². The summed E-state index contributed by atoms with van der Waals surface area (Å²) in [5.74, 6) is 0. The molecule has 4 nitrogen and oxygen atoms in total. The minimum absolute atomic E-state index is 0.239. The number of aryl methyl sites for hydroxylation is 1. The van der Waals surface area contributed by atoms with Crippen molar-refractivity contribution >= 4 is 15.7 Å². The van der Waals surface area contributed by atoms with Crippen LogP contribution in [-0.4, -0.2) is 8.42 Å². The predicted molar refractivity (Wildman–Crippen MR) is 85.5 cm³/mol. The zero-order valence-electron chi connectivity index (χ0n) is 12.4. The Kier molecular flexibility index (Phi) is 4.34. The fourth-order valence-electron chi connectivity index (χ4n) is 2.24. The number of rotatable bonds is 4. The first-order valence-corrected chi connectivity index (χ1v) is 8.23. The maximum absolute atomic E-state index is 12.6.